The van der Waals surface area contributed by atoms with Crippen molar-refractivity contribution in [2.45, 2.75) is 6.42 Å². The molecule has 2 heterocycles. The zero-order valence-electron chi connectivity index (χ0n) is 7.49. The quantitative estimate of drug-likeness (QED) is 0.546. The van der Waals surface area contributed by atoms with Crippen molar-refractivity contribution < 1.29 is 0 Å². The first kappa shape index (κ1) is 9.10. The molecule has 4 heteroatoms. The number of thiol groups is 1. The van der Waals surface area contributed by atoms with E-state index < -0.39 is 0 Å². The molecule has 2 aromatic heterocycles. The lowest BCUT2D eigenvalue weighted by atomic mass is 10.2. The number of hydrogen-bond acceptors (Lipinski definition) is 3. The number of rotatable bonds is 1. The highest BCUT2D eigenvalue weighted by molar-refractivity contribution is 7.80. The number of pyridine rings is 1. The van der Waals surface area contributed by atoms with E-state index in [9.17, 15) is 0 Å². The van der Waals surface area contributed by atoms with Crippen molar-refractivity contribution in [3.05, 3.63) is 24.0 Å². The van der Waals surface area contributed by atoms with Crippen molar-refractivity contribution >= 4 is 23.7 Å². The Morgan fingerprint density at radius 2 is 2.36 bits per heavy atom. The third kappa shape index (κ3) is 1.88. The molecule has 2 rings (SSSR count). The van der Waals surface area contributed by atoms with Gasteiger partial charge in [-0.05, 0) is 6.07 Å². The zero-order valence-corrected chi connectivity index (χ0v) is 8.38. The maximum atomic E-state index is 4.20. The average molecular weight is 203 g/mol. The molecule has 14 heavy (non-hydrogen) atoms. The molecule has 0 unspecified atom stereocenters. The Hall–Kier alpha value is -1.47. The van der Waals surface area contributed by atoms with E-state index in [0.29, 0.717) is 0 Å². The Morgan fingerprint density at radius 3 is 3.21 bits per heavy atom. The van der Waals surface area contributed by atoms with Crippen LogP contribution in [-0.4, -0.2) is 20.9 Å². The standard InChI is InChI=1S/C10H9N3S/c14-4-2-1-3-8-5-9-10(11-6-8)7-12-13-9/h5-7,14H,2,4H2,(H,12,13). The van der Waals surface area contributed by atoms with Crippen LogP contribution in [0.1, 0.15) is 12.0 Å². The molecule has 0 aromatic carbocycles. The second kappa shape index (κ2) is 4.16. The minimum absolute atomic E-state index is 0.784. The normalized spacial score (nSPS) is 9.79. The minimum atomic E-state index is 0.784. The first-order valence-electron chi connectivity index (χ1n) is 4.29. The molecule has 0 saturated carbocycles. The van der Waals surface area contributed by atoms with Gasteiger partial charge in [-0.3, -0.25) is 10.1 Å². The Bertz CT molecular complexity index is 493. The summed E-state index contributed by atoms with van der Waals surface area (Å²) in [6.07, 6.45) is 4.24. The largest absolute Gasteiger partial charge is 0.276 e. The molecule has 0 saturated heterocycles. The number of fused-ring (bicyclic) bond motifs is 1. The van der Waals surface area contributed by atoms with Crippen molar-refractivity contribution in [3.63, 3.8) is 0 Å². The number of aromatic amines is 1. The van der Waals surface area contributed by atoms with E-state index in [1.54, 1.807) is 12.4 Å². The maximum absolute atomic E-state index is 4.20. The van der Waals surface area contributed by atoms with Crippen LogP contribution in [0.2, 0.25) is 0 Å². The summed E-state index contributed by atoms with van der Waals surface area (Å²) in [4.78, 5) is 4.20. The van der Waals surface area contributed by atoms with Crippen LogP contribution < -0.4 is 0 Å². The maximum Gasteiger partial charge on any atom is 0.108 e. The second-order valence-electron chi connectivity index (χ2n) is 2.80. The molecule has 0 atom stereocenters. The lowest BCUT2D eigenvalue weighted by Crippen LogP contribution is -1.79. The van der Waals surface area contributed by atoms with Crippen molar-refractivity contribution in [3.8, 4) is 11.8 Å². The molecule has 0 amide bonds. The minimum Gasteiger partial charge on any atom is -0.276 e. The molecular weight excluding hydrogens is 194 g/mol. The molecule has 0 aliphatic heterocycles. The zero-order chi connectivity index (χ0) is 9.80. The van der Waals surface area contributed by atoms with E-state index in [0.717, 1.165) is 28.8 Å². The van der Waals surface area contributed by atoms with Crippen LogP contribution in [0.3, 0.4) is 0 Å². The highest BCUT2D eigenvalue weighted by Gasteiger charge is 1.96. The molecule has 0 fully saturated rings. The Labute approximate surface area is 87.3 Å². The van der Waals surface area contributed by atoms with Gasteiger partial charge in [0, 0.05) is 23.9 Å². The van der Waals surface area contributed by atoms with Gasteiger partial charge in [-0.1, -0.05) is 11.8 Å². The molecule has 1 N–H and O–H groups in total. The van der Waals surface area contributed by atoms with Gasteiger partial charge in [-0.25, -0.2) is 0 Å². The van der Waals surface area contributed by atoms with Gasteiger partial charge in [0.25, 0.3) is 0 Å². The first-order valence-corrected chi connectivity index (χ1v) is 4.92. The number of hydrogen-bond donors (Lipinski definition) is 2. The van der Waals surface area contributed by atoms with Crippen LogP contribution in [-0.2, 0) is 0 Å². The molecule has 0 bridgehead atoms. The van der Waals surface area contributed by atoms with Gasteiger partial charge >= 0.3 is 0 Å². The number of nitrogens with one attached hydrogen (secondary N) is 1. The number of H-pyrrole nitrogens is 1. The molecule has 0 spiro atoms. The van der Waals surface area contributed by atoms with Crippen LogP contribution in [0.25, 0.3) is 11.0 Å². The molecule has 0 radical (unpaired) electrons. The summed E-state index contributed by atoms with van der Waals surface area (Å²) in [7, 11) is 0. The molecule has 70 valence electrons. The summed E-state index contributed by atoms with van der Waals surface area (Å²) in [6, 6.07) is 1.95. The number of nitrogens with zero attached hydrogens (tertiary/aromatic N) is 2. The van der Waals surface area contributed by atoms with Crippen LogP contribution in [0, 0.1) is 11.8 Å². The molecule has 3 nitrogen and oxygen atoms in total. The van der Waals surface area contributed by atoms with E-state index in [-0.39, 0.29) is 0 Å². The highest BCUT2D eigenvalue weighted by atomic mass is 32.1. The van der Waals surface area contributed by atoms with E-state index >= 15 is 0 Å². The topological polar surface area (TPSA) is 41.6 Å². The fourth-order valence-corrected chi connectivity index (χ4v) is 1.23. The third-order valence-corrected chi connectivity index (χ3v) is 1.98. The fourth-order valence-electron chi connectivity index (χ4n) is 1.12. The molecule has 0 aliphatic carbocycles. The van der Waals surface area contributed by atoms with E-state index in [2.05, 4.69) is 39.7 Å². The van der Waals surface area contributed by atoms with Gasteiger partial charge in [0.05, 0.1) is 11.7 Å². The first-order chi connectivity index (χ1) is 6.90. The van der Waals surface area contributed by atoms with Crippen molar-refractivity contribution in [2.75, 3.05) is 5.75 Å². The van der Waals surface area contributed by atoms with E-state index in [1.165, 1.54) is 0 Å². The summed E-state index contributed by atoms with van der Waals surface area (Å²) in [6.45, 7) is 0. The van der Waals surface area contributed by atoms with Crippen LogP contribution in [0.15, 0.2) is 18.5 Å². The van der Waals surface area contributed by atoms with Gasteiger partial charge < -0.3 is 0 Å². The smallest absolute Gasteiger partial charge is 0.108 e. The summed E-state index contributed by atoms with van der Waals surface area (Å²) in [5.41, 5.74) is 2.69. The number of aromatic nitrogens is 3. The monoisotopic (exact) mass is 203 g/mol. The van der Waals surface area contributed by atoms with Crippen molar-refractivity contribution in [1.82, 2.24) is 15.2 Å². The lowest BCUT2D eigenvalue weighted by Gasteiger charge is -1.89. The summed E-state index contributed by atoms with van der Waals surface area (Å²) < 4.78 is 0. The van der Waals surface area contributed by atoms with Crippen molar-refractivity contribution in [2.24, 2.45) is 0 Å². The lowest BCUT2D eigenvalue weighted by molar-refractivity contribution is 1.12. The van der Waals surface area contributed by atoms with Crippen molar-refractivity contribution in [1.29, 1.82) is 0 Å². The van der Waals surface area contributed by atoms with E-state index in [1.807, 2.05) is 6.07 Å². The van der Waals surface area contributed by atoms with Crippen LogP contribution in [0.5, 0.6) is 0 Å². The van der Waals surface area contributed by atoms with Gasteiger partial charge in [0.2, 0.25) is 0 Å². The molecular formula is C10H9N3S. The van der Waals surface area contributed by atoms with Gasteiger partial charge in [0.15, 0.2) is 0 Å². The predicted molar refractivity (Wildman–Crippen MR) is 59.2 cm³/mol. The predicted octanol–water partition coefficient (Wildman–Crippen LogP) is 1.63. The second-order valence-corrected chi connectivity index (χ2v) is 3.25. The summed E-state index contributed by atoms with van der Waals surface area (Å²) in [5.74, 6) is 6.81. The molecule has 0 aliphatic rings. The highest BCUT2D eigenvalue weighted by Crippen LogP contribution is 2.08. The summed E-state index contributed by atoms with van der Waals surface area (Å²) in [5, 5.41) is 6.75. The Kier molecular flexibility index (Phi) is 2.70. The summed E-state index contributed by atoms with van der Waals surface area (Å²) >= 11 is 4.08. The fraction of sp³-hybridized carbons (Fsp3) is 0.200. The van der Waals surface area contributed by atoms with Gasteiger partial charge in [-0.15, -0.1) is 0 Å². The van der Waals surface area contributed by atoms with Crippen LogP contribution in [0.4, 0.5) is 0 Å². The molecule has 2 aromatic rings. The van der Waals surface area contributed by atoms with Crippen LogP contribution >= 0.6 is 12.6 Å². The SMILES string of the molecule is SCCC#Cc1cnc2cn[nH]c2c1. The Balaban J connectivity index is 2.31. The Morgan fingerprint density at radius 1 is 1.43 bits per heavy atom. The van der Waals surface area contributed by atoms with Gasteiger partial charge in [-0.2, -0.15) is 17.7 Å². The van der Waals surface area contributed by atoms with Gasteiger partial charge in [0.1, 0.15) is 5.52 Å². The third-order valence-electron chi connectivity index (χ3n) is 1.76. The average Bonchev–Trinajstić information content (AvgIpc) is 2.65. The van der Waals surface area contributed by atoms with E-state index in [4.69, 9.17) is 0 Å².